The van der Waals surface area contributed by atoms with Gasteiger partial charge in [-0.1, -0.05) is 27.2 Å². The van der Waals surface area contributed by atoms with E-state index in [2.05, 4.69) is 25.7 Å². The van der Waals surface area contributed by atoms with Crippen molar-refractivity contribution in [2.45, 2.75) is 83.9 Å². The van der Waals surface area contributed by atoms with Crippen LogP contribution in [0.15, 0.2) is 0 Å². The summed E-state index contributed by atoms with van der Waals surface area (Å²) in [6.07, 6.45) is 8.89. The third-order valence-corrected chi connectivity index (χ3v) is 6.68. The lowest BCUT2D eigenvalue weighted by Crippen LogP contribution is -2.51. The highest BCUT2D eigenvalue weighted by Crippen LogP contribution is 2.46. The Morgan fingerprint density at radius 1 is 1.11 bits per heavy atom. The van der Waals surface area contributed by atoms with Gasteiger partial charge in [-0.05, 0) is 55.8 Å². The molecule has 2 heteroatoms. The first-order chi connectivity index (χ1) is 9.01. The normalized spacial score (nSPS) is 43.9. The maximum atomic E-state index is 10.5. The first-order valence-electron chi connectivity index (χ1n) is 8.45. The number of piperidine rings is 1. The van der Waals surface area contributed by atoms with Crippen LogP contribution in [0, 0.1) is 17.3 Å². The van der Waals surface area contributed by atoms with Crippen molar-refractivity contribution in [3.63, 3.8) is 0 Å². The quantitative estimate of drug-likeness (QED) is 0.845. The first-order valence-corrected chi connectivity index (χ1v) is 8.45. The van der Waals surface area contributed by atoms with Gasteiger partial charge >= 0.3 is 0 Å². The molecule has 5 unspecified atom stereocenters. The monoisotopic (exact) mass is 265 g/mol. The van der Waals surface area contributed by atoms with Crippen LogP contribution in [-0.2, 0) is 0 Å². The summed E-state index contributed by atoms with van der Waals surface area (Å²) in [4.78, 5) is 2.69. The predicted molar refractivity (Wildman–Crippen MR) is 79.0 cm³/mol. The van der Waals surface area contributed by atoms with Gasteiger partial charge in [0.05, 0.1) is 6.10 Å². The molecule has 3 rings (SSSR count). The molecule has 0 spiro atoms. The van der Waals surface area contributed by atoms with E-state index in [0.29, 0.717) is 11.5 Å². The second-order valence-electron chi connectivity index (χ2n) is 8.02. The van der Waals surface area contributed by atoms with Gasteiger partial charge in [0.2, 0.25) is 0 Å². The summed E-state index contributed by atoms with van der Waals surface area (Å²) in [5.74, 6) is 1.74. The molecule has 1 heterocycles. The average Bonchev–Trinajstić information content (AvgIpc) is 3.01. The van der Waals surface area contributed by atoms with Crippen LogP contribution < -0.4 is 0 Å². The summed E-state index contributed by atoms with van der Waals surface area (Å²) < 4.78 is 0. The Hall–Kier alpha value is -0.0800. The van der Waals surface area contributed by atoms with Crippen molar-refractivity contribution >= 4 is 0 Å². The fourth-order valence-corrected chi connectivity index (χ4v) is 4.85. The van der Waals surface area contributed by atoms with Crippen LogP contribution >= 0.6 is 0 Å². The van der Waals surface area contributed by atoms with E-state index in [0.717, 1.165) is 24.3 Å². The van der Waals surface area contributed by atoms with Crippen LogP contribution in [0.1, 0.15) is 65.7 Å². The van der Waals surface area contributed by atoms with E-state index >= 15 is 0 Å². The minimum Gasteiger partial charge on any atom is -0.391 e. The van der Waals surface area contributed by atoms with E-state index in [9.17, 15) is 5.11 Å². The first kappa shape index (κ1) is 13.9. The Labute approximate surface area is 118 Å². The molecule has 0 radical (unpaired) electrons. The number of aliphatic hydroxyl groups is 1. The van der Waals surface area contributed by atoms with Gasteiger partial charge in [-0.25, -0.2) is 0 Å². The Morgan fingerprint density at radius 2 is 1.89 bits per heavy atom. The van der Waals surface area contributed by atoms with Crippen LogP contribution in [-0.4, -0.2) is 34.7 Å². The molecule has 2 saturated carbocycles. The molecule has 0 aromatic heterocycles. The molecule has 0 aromatic carbocycles. The predicted octanol–water partition coefficient (Wildman–Crippen LogP) is 3.44. The lowest BCUT2D eigenvalue weighted by atomic mass is 9.67. The number of fused-ring (bicyclic) bond motifs is 2. The number of hydrogen-bond acceptors (Lipinski definition) is 2. The molecule has 2 bridgehead atoms. The zero-order valence-electron chi connectivity index (χ0n) is 12.9. The minimum absolute atomic E-state index is 0.0664. The maximum absolute atomic E-state index is 10.5. The lowest BCUT2D eigenvalue weighted by Gasteiger charge is -2.46. The third kappa shape index (κ3) is 2.47. The van der Waals surface area contributed by atoms with E-state index in [1.165, 1.54) is 45.1 Å². The van der Waals surface area contributed by atoms with Crippen molar-refractivity contribution in [3.05, 3.63) is 0 Å². The molecule has 0 aromatic rings. The second-order valence-corrected chi connectivity index (χ2v) is 8.02. The highest BCUT2D eigenvalue weighted by molar-refractivity contribution is 5.00. The van der Waals surface area contributed by atoms with E-state index in [-0.39, 0.29) is 6.10 Å². The highest BCUT2D eigenvalue weighted by atomic mass is 16.3. The number of aliphatic hydroxyl groups excluding tert-OH is 1. The summed E-state index contributed by atoms with van der Waals surface area (Å²) in [5, 5.41) is 10.5. The van der Waals surface area contributed by atoms with E-state index in [4.69, 9.17) is 0 Å². The lowest BCUT2D eigenvalue weighted by molar-refractivity contribution is -0.0314. The van der Waals surface area contributed by atoms with E-state index < -0.39 is 0 Å². The Balaban J connectivity index is 1.70. The molecule has 1 N–H and O–H groups in total. The van der Waals surface area contributed by atoms with Crippen molar-refractivity contribution in [2.75, 3.05) is 6.54 Å². The maximum Gasteiger partial charge on any atom is 0.0695 e. The molecule has 2 nitrogen and oxygen atoms in total. The average molecular weight is 265 g/mol. The van der Waals surface area contributed by atoms with Gasteiger partial charge < -0.3 is 5.11 Å². The zero-order chi connectivity index (χ0) is 13.6. The molecule has 110 valence electrons. The number of likely N-dealkylation sites (tertiary alicyclic amines) is 1. The van der Waals surface area contributed by atoms with Gasteiger partial charge in [-0.15, -0.1) is 0 Å². The van der Waals surface area contributed by atoms with Crippen molar-refractivity contribution in [1.82, 2.24) is 4.90 Å². The van der Waals surface area contributed by atoms with Gasteiger partial charge in [0.15, 0.2) is 0 Å². The summed E-state index contributed by atoms with van der Waals surface area (Å²) in [5.41, 5.74) is 0.442. The topological polar surface area (TPSA) is 23.5 Å². The van der Waals surface area contributed by atoms with Crippen molar-refractivity contribution in [3.8, 4) is 0 Å². The standard InChI is InChI=1S/C17H31NO/c1-4-17(2,3)13-6-8-16(19)15(10-13)18-11-12-5-7-14(18)9-12/h12-16,19H,4-11H2,1-3H3. The molecular formula is C17H31NO. The summed E-state index contributed by atoms with van der Waals surface area (Å²) >= 11 is 0. The van der Waals surface area contributed by atoms with Crippen molar-refractivity contribution in [1.29, 1.82) is 0 Å². The van der Waals surface area contributed by atoms with Crippen LogP contribution in [0.2, 0.25) is 0 Å². The van der Waals surface area contributed by atoms with E-state index in [1.54, 1.807) is 0 Å². The molecule has 1 aliphatic heterocycles. The summed E-state index contributed by atoms with van der Waals surface area (Å²) in [7, 11) is 0. The van der Waals surface area contributed by atoms with Gasteiger partial charge in [0.1, 0.15) is 0 Å². The number of rotatable bonds is 3. The zero-order valence-corrected chi connectivity index (χ0v) is 12.9. The molecular weight excluding hydrogens is 234 g/mol. The number of hydrogen-bond donors (Lipinski definition) is 1. The number of nitrogens with zero attached hydrogens (tertiary/aromatic N) is 1. The van der Waals surface area contributed by atoms with Crippen LogP contribution in [0.3, 0.4) is 0 Å². The minimum atomic E-state index is -0.0664. The SMILES string of the molecule is CCC(C)(C)C1CCC(O)C(N2CC3CCC2C3)C1. The third-order valence-electron chi connectivity index (χ3n) is 6.68. The van der Waals surface area contributed by atoms with Gasteiger partial charge in [0.25, 0.3) is 0 Å². The van der Waals surface area contributed by atoms with Crippen molar-refractivity contribution in [2.24, 2.45) is 17.3 Å². The van der Waals surface area contributed by atoms with Crippen LogP contribution in [0.25, 0.3) is 0 Å². The van der Waals surface area contributed by atoms with Gasteiger partial charge in [0, 0.05) is 18.6 Å². The Bertz CT molecular complexity index is 327. The van der Waals surface area contributed by atoms with Crippen LogP contribution in [0.4, 0.5) is 0 Å². The summed E-state index contributed by atoms with van der Waals surface area (Å²) in [6.45, 7) is 8.43. The second kappa shape index (κ2) is 5.04. The molecule has 5 atom stereocenters. The fraction of sp³-hybridized carbons (Fsp3) is 1.00. The largest absolute Gasteiger partial charge is 0.391 e. The summed E-state index contributed by atoms with van der Waals surface area (Å²) in [6, 6.07) is 1.26. The molecule has 1 saturated heterocycles. The Kier molecular flexibility index (Phi) is 3.68. The van der Waals surface area contributed by atoms with Gasteiger partial charge in [-0.2, -0.15) is 0 Å². The molecule has 3 aliphatic rings. The Morgan fingerprint density at radius 3 is 2.47 bits per heavy atom. The smallest absolute Gasteiger partial charge is 0.0695 e. The molecule has 0 amide bonds. The molecule has 19 heavy (non-hydrogen) atoms. The fourth-order valence-electron chi connectivity index (χ4n) is 4.85. The van der Waals surface area contributed by atoms with E-state index in [1.807, 2.05) is 0 Å². The van der Waals surface area contributed by atoms with Crippen LogP contribution in [0.5, 0.6) is 0 Å². The highest BCUT2D eigenvalue weighted by Gasteiger charge is 2.46. The molecule has 3 fully saturated rings. The van der Waals surface area contributed by atoms with Crippen molar-refractivity contribution < 1.29 is 5.11 Å². The van der Waals surface area contributed by atoms with Gasteiger partial charge in [-0.3, -0.25) is 4.90 Å². The molecule has 2 aliphatic carbocycles.